The van der Waals surface area contributed by atoms with Gasteiger partial charge >= 0.3 is 12.0 Å². The number of nitrogens with zero attached hydrogens (tertiary/aromatic N) is 2. The van der Waals surface area contributed by atoms with E-state index in [1.165, 1.54) is 0 Å². The fraction of sp³-hybridized carbons (Fsp3) is 0.600. The van der Waals surface area contributed by atoms with Gasteiger partial charge in [-0.05, 0) is 38.1 Å². The second-order valence-electron chi connectivity index (χ2n) is 7.18. The highest BCUT2D eigenvalue weighted by molar-refractivity contribution is 5.74. The molecule has 1 aliphatic heterocycles. The summed E-state index contributed by atoms with van der Waals surface area (Å²) in [5.41, 5.74) is 1.13. The highest BCUT2D eigenvalue weighted by Crippen LogP contribution is 2.15. The van der Waals surface area contributed by atoms with Crippen LogP contribution >= 0.6 is 0 Å². The third-order valence-corrected chi connectivity index (χ3v) is 4.58. The predicted octanol–water partition coefficient (Wildman–Crippen LogP) is 1.58. The van der Waals surface area contributed by atoms with E-state index in [1.807, 2.05) is 38.1 Å². The molecule has 8 nitrogen and oxygen atoms in total. The number of carbonyl (C=O) groups excluding carboxylic acids is 1. The smallest absolute Gasteiger partial charge is 0.317 e. The molecular formula is C20H31N3O5. The van der Waals surface area contributed by atoms with Crippen molar-refractivity contribution in [2.45, 2.75) is 32.5 Å². The molecule has 2 amide bonds. The number of carboxylic acid groups (broad SMARTS) is 1. The van der Waals surface area contributed by atoms with Crippen LogP contribution in [0.5, 0.6) is 5.75 Å². The fourth-order valence-corrected chi connectivity index (χ4v) is 3.12. The van der Waals surface area contributed by atoms with Crippen molar-refractivity contribution < 1.29 is 24.2 Å². The molecule has 2 N–H and O–H groups in total. The lowest BCUT2D eigenvalue weighted by atomic mass is 10.2. The number of hydrogen-bond acceptors (Lipinski definition) is 5. The first-order chi connectivity index (χ1) is 13.4. The normalized spacial score (nSPS) is 18.0. The van der Waals surface area contributed by atoms with Gasteiger partial charge in [0.25, 0.3) is 0 Å². The van der Waals surface area contributed by atoms with Gasteiger partial charge in [-0.25, -0.2) is 4.79 Å². The lowest BCUT2D eigenvalue weighted by Gasteiger charge is -2.34. The number of aliphatic carboxylic acids is 1. The Morgan fingerprint density at radius 3 is 2.93 bits per heavy atom. The van der Waals surface area contributed by atoms with Gasteiger partial charge in [-0.2, -0.15) is 0 Å². The van der Waals surface area contributed by atoms with Gasteiger partial charge in [0.1, 0.15) is 11.9 Å². The minimum atomic E-state index is -0.882. The van der Waals surface area contributed by atoms with Crippen LogP contribution in [0.4, 0.5) is 4.79 Å². The number of aryl methyl sites for hydroxylation is 1. The van der Waals surface area contributed by atoms with Crippen molar-refractivity contribution >= 4 is 12.0 Å². The van der Waals surface area contributed by atoms with E-state index in [2.05, 4.69) is 5.32 Å². The molecular weight excluding hydrogens is 362 g/mol. The third kappa shape index (κ3) is 7.36. The molecule has 0 bridgehead atoms. The van der Waals surface area contributed by atoms with Crippen LogP contribution in [0.25, 0.3) is 0 Å². The molecule has 1 heterocycles. The van der Waals surface area contributed by atoms with Crippen molar-refractivity contribution in [1.29, 1.82) is 0 Å². The van der Waals surface area contributed by atoms with Crippen molar-refractivity contribution in [3.8, 4) is 5.75 Å². The molecule has 1 saturated heterocycles. The average Bonchev–Trinajstić information content (AvgIpc) is 2.64. The van der Waals surface area contributed by atoms with Gasteiger partial charge in [-0.1, -0.05) is 19.1 Å². The van der Waals surface area contributed by atoms with Crippen molar-refractivity contribution in [2.24, 2.45) is 0 Å². The Bertz CT molecular complexity index is 654. The Balaban J connectivity index is 1.79. The number of carbonyl (C=O) groups is 2. The summed E-state index contributed by atoms with van der Waals surface area (Å²) in [5, 5.41) is 11.8. The van der Waals surface area contributed by atoms with Gasteiger partial charge in [0.05, 0.1) is 25.8 Å². The molecule has 1 fully saturated rings. The van der Waals surface area contributed by atoms with E-state index in [4.69, 9.17) is 14.6 Å². The Kier molecular flexibility index (Phi) is 8.53. The SMILES string of the molecule is CCC(CNC(=O)N1CCOC(CN(C)CC(=O)O)C1)Oc1cccc(C)c1. The van der Waals surface area contributed by atoms with E-state index in [0.29, 0.717) is 32.8 Å². The summed E-state index contributed by atoms with van der Waals surface area (Å²) in [5.74, 6) is -0.0823. The maximum Gasteiger partial charge on any atom is 0.317 e. The molecule has 2 unspecified atom stereocenters. The summed E-state index contributed by atoms with van der Waals surface area (Å²) in [6.45, 7) is 6.25. The largest absolute Gasteiger partial charge is 0.489 e. The van der Waals surface area contributed by atoms with Gasteiger partial charge in [0.2, 0.25) is 0 Å². The monoisotopic (exact) mass is 393 g/mol. The summed E-state index contributed by atoms with van der Waals surface area (Å²) >= 11 is 0. The molecule has 2 atom stereocenters. The molecule has 0 spiro atoms. The van der Waals surface area contributed by atoms with Crippen LogP contribution in [0, 0.1) is 6.92 Å². The van der Waals surface area contributed by atoms with Gasteiger partial charge in [0, 0.05) is 19.6 Å². The van der Waals surface area contributed by atoms with Crippen LogP contribution in [0.3, 0.4) is 0 Å². The fourth-order valence-electron chi connectivity index (χ4n) is 3.12. The zero-order chi connectivity index (χ0) is 20.5. The topological polar surface area (TPSA) is 91.3 Å². The van der Waals surface area contributed by atoms with Crippen LogP contribution in [-0.2, 0) is 9.53 Å². The first-order valence-corrected chi connectivity index (χ1v) is 9.65. The van der Waals surface area contributed by atoms with Crippen LogP contribution < -0.4 is 10.1 Å². The van der Waals surface area contributed by atoms with E-state index in [0.717, 1.165) is 17.7 Å². The van der Waals surface area contributed by atoms with E-state index in [1.54, 1.807) is 16.8 Å². The molecule has 8 heteroatoms. The summed E-state index contributed by atoms with van der Waals surface area (Å²) in [6.07, 6.45) is 0.471. The number of benzene rings is 1. The molecule has 0 radical (unpaired) electrons. The first kappa shape index (κ1) is 22.0. The number of hydrogen-bond donors (Lipinski definition) is 2. The Hall–Kier alpha value is -2.32. The molecule has 1 aromatic carbocycles. The van der Waals surface area contributed by atoms with Gasteiger partial charge in [-0.15, -0.1) is 0 Å². The van der Waals surface area contributed by atoms with E-state index >= 15 is 0 Å². The quantitative estimate of drug-likeness (QED) is 0.662. The highest BCUT2D eigenvalue weighted by Gasteiger charge is 2.26. The Morgan fingerprint density at radius 2 is 2.25 bits per heavy atom. The summed E-state index contributed by atoms with van der Waals surface area (Å²) in [7, 11) is 1.73. The van der Waals surface area contributed by atoms with Crippen molar-refractivity contribution in [3.63, 3.8) is 0 Å². The van der Waals surface area contributed by atoms with Gasteiger partial charge in [0.15, 0.2) is 0 Å². The van der Waals surface area contributed by atoms with E-state index < -0.39 is 5.97 Å². The summed E-state index contributed by atoms with van der Waals surface area (Å²) < 4.78 is 11.6. The molecule has 1 aromatic rings. The number of nitrogens with one attached hydrogen (secondary N) is 1. The van der Waals surface area contributed by atoms with E-state index in [-0.39, 0.29) is 24.8 Å². The number of amides is 2. The second-order valence-corrected chi connectivity index (χ2v) is 7.18. The maximum atomic E-state index is 12.5. The standard InChI is InChI=1S/C20H31N3O5/c1-4-16(28-17-7-5-6-15(2)10-17)11-21-20(26)23-8-9-27-18(13-23)12-22(3)14-19(24)25/h5-7,10,16,18H,4,8-9,11-14H2,1-3H3,(H,21,26)(H,24,25). The number of likely N-dealkylation sites (N-methyl/N-ethyl adjacent to an activating group) is 1. The minimum absolute atomic E-state index is 0.0550. The van der Waals surface area contributed by atoms with Crippen LogP contribution in [0.2, 0.25) is 0 Å². The Labute approximate surface area is 166 Å². The molecule has 0 aliphatic carbocycles. The molecule has 156 valence electrons. The zero-order valence-electron chi connectivity index (χ0n) is 16.9. The van der Waals surface area contributed by atoms with Crippen LogP contribution in [0.15, 0.2) is 24.3 Å². The maximum absolute atomic E-state index is 12.5. The van der Waals surface area contributed by atoms with Crippen molar-refractivity contribution in [1.82, 2.24) is 15.1 Å². The van der Waals surface area contributed by atoms with Crippen molar-refractivity contribution in [2.75, 3.05) is 46.4 Å². The third-order valence-electron chi connectivity index (χ3n) is 4.58. The molecule has 2 rings (SSSR count). The summed E-state index contributed by atoms with van der Waals surface area (Å²) in [6, 6.07) is 7.70. The molecule has 0 aromatic heterocycles. The molecule has 28 heavy (non-hydrogen) atoms. The lowest BCUT2D eigenvalue weighted by molar-refractivity contribution is -0.138. The lowest BCUT2D eigenvalue weighted by Crippen LogP contribution is -2.53. The van der Waals surface area contributed by atoms with Crippen LogP contribution in [0.1, 0.15) is 18.9 Å². The number of morpholine rings is 1. The zero-order valence-corrected chi connectivity index (χ0v) is 16.9. The molecule has 0 saturated carbocycles. The van der Waals surface area contributed by atoms with Gasteiger partial charge < -0.3 is 24.8 Å². The average molecular weight is 393 g/mol. The second kappa shape index (κ2) is 10.9. The Morgan fingerprint density at radius 1 is 1.46 bits per heavy atom. The van der Waals surface area contributed by atoms with Crippen LogP contribution in [-0.4, -0.2) is 85.5 Å². The highest BCUT2D eigenvalue weighted by atomic mass is 16.5. The number of ether oxygens (including phenoxy) is 2. The number of carboxylic acids is 1. The van der Waals surface area contributed by atoms with E-state index in [9.17, 15) is 9.59 Å². The first-order valence-electron chi connectivity index (χ1n) is 9.65. The molecule has 1 aliphatic rings. The van der Waals surface area contributed by atoms with Crippen molar-refractivity contribution in [3.05, 3.63) is 29.8 Å². The number of urea groups is 1. The van der Waals surface area contributed by atoms with Gasteiger partial charge in [-0.3, -0.25) is 9.69 Å². The number of rotatable bonds is 9. The summed E-state index contributed by atoms with van der Waals surface area (Å²) in [4.78, 5) is 26.7. The minimum Gasteiger partial charge on any atom is -0.489 e. The predicted molar refractivity (Wildman–Crippen MR) is 106 cm³/mol.